The third kappa shape index (κ3) is 5.55. The van der Waals surface area contributed by atoms with Gasteiger partial charge in [0, 0.05) is 18.6 Å². The van der Waals surface area contributed by atoms with E-state index >= 15 is 0 Å². The molecule has 7 heteroatoms. The Morgan fingerprint density at radius 3 is 2.39 bits per heavy atom. The molecule has 162 valence electrons. The van der Waals surface area contributed by atoms with Gasteiger partial charge in [-0.05, 0) is 74.5 Å². The van der Waals surface area contributed by atoms with Crippen LogP contribution in [0.15, 0.2) is 4.99 Å². The number of hydrogen-bond donors (Lipinski definition) is 2. The van der Waals surface area contributed by atoms with Crippen LogP contribution in [0.4, 0.5) is 0 Å². The van der Waals surface area contributed by atoms with Gasteiger partial charge in [-0.25, -0.2) is 8.42 Å². The predicted molar refractivity (Wildman–Crippen MR) is 126 cm³/mol. The number of sulfone groups is 1. The topological polar surface area (TPSA) is 70.6 Å². The molecule has 4 aliphatic rings. The van der Waals surface area contributed by atoms with E-state index in [0.717, 1.165) is 36.1 Å². The lowest BCUT2D eigenvalue weighted by atomic mass is 9.79. The number of hydrogen-bond acceptors (Lipinski definition) is 3. The molecular weight excluding hydrogens is 485 g/mol. The standard InChI is InChI=1S/C21H37N3O2S.HI/c1-14-3-6-19(9-15(14)2)23-21(22-12-17-7-8-27(25,26)13-17)24-20-11-16-4-5-18(20)10-16;/h14-20H,3-13H2,1-2H3,(H2,22,23,24);1H. The highest BCUT2D eigenvalue weighted by Crippen LogP contribution is 2.44. The van der Waals surface area contributed by atoms with E-state index < -0.39 is 9.84 Å². The Morgan fingerprint density at radius 1 is 0.964 bits per heavy atom. The molecule has 3 aliphatic carbocycles. The number of rotatable bonds is 4. The highest BCUT2D eigenvalue weighted by atomic mass is 127. The molecule has 0 aromatic heterocycles. The fourth-order valence-corrected chi connectivity index (χ4v) is 7.69. The largest absolute Gasteiger partial charge is 0.354 e. The maximum absolute atomic E-state index is 11.8. The summed E-state index contributed by atoms with van der Waals surface area (Å²) >= 11 is 0. The monoisotopic (exact) mass is 523 g/mol. The zero-order valence-electron chi connectivity index (χ0n) is 17.4. The molecule has 7 atom stereocenters. The van der Waals surface area contributed by atoms with Gasteiger partial charge in [-0.15, -0.1) is 24.0 Å². The van der Waals surface area contributed by atoms with Crippen LogP contribution in [-0.2, 0) is 9.84 Å². The number of halogens is 1. The lowest BCUT2D eigenvalue weighted by Crippen LogP contribution is -2.50. The van der Waals surface area contributed by atoms with Crippen molar-refractivity contribution in [3.8, 4) is 0 Å². The van der Waals surface area contributed by atoms with Gasteiger partial charge in [0.1, 0.15) is 0 Å². The van der Waals surface area contributed by atoms with Gasteiger partial charge >= 0.3 is 0 Å². The summed E-state index contributed by atoms with van der Waals surface area (Å²) in [6.45, 7) is 5.36. The third-order valence-electron chi connectivity index (χ3n) is 7.83. The molecule has 0 aromatic rings. The van der Waals surface area contributed by atoms with Crippen molar-refractivity contribution in [2.45, 2.75) is 77.3 Å². The van der Waals surface area contributed by atoms with Crippen LogP contribution in [-0.4, -0.2) is 44.5 Å². The molecule has 28 heavy (non-hydrogen) atoms. The van der Waals surface area contributed by atoms with Gasteiger partial charge in [0.15, 0.2) is 15.8 Å². The summed E-state index contributed by atoms with van der Waals surface area (Å²) in [4.78, 5) is 4.89. The van der Waals surface area contributed by atoms with E-state index in [2.05, 4.69) is 24.5 Å². The summed E-state index contributed by atoms with van der Waals surface area (Å²) in [6, 6.07) is 1.05. The fraction of sp³-hybridized carbons (Fsp3) is 0.952. The molecule has 4 rings (SSSR count). The Balaban J connectivity index is 0.00000225. The van der Waals surface area contributed by atoms with Crippen LogP contribution in [0.3, 0.4) is 0 Å². The molecule has 2 N–H and O–H groups in total. The van der Waals surface area contributed by atoms with Crippen LogP contribution < -0.4 is 10.6 Å². The number of nitrogens with zero attached hydrogens (tertiary/aromatic N) is 1. The van der Waals surface area contributed by atoms with Crippen molar-refractivity contribution >= 4 is 39.8 Å². The van der Waals surface area contributed by atoms with Gasteiger partial charge in [-0.3, -0.25) is 4.99 Å². The summed E-state index contributed by atoms with van der Waals surface area (Å²) in [5, 5.41) is 7.48. The van der Waals surface area contributed by atoms with Crippen molar-refractivity contribution in [3.63, 3.8) is 0 Å². The van der Waals surface area contributed by atoms with Gasteiger partial charge < -0.3 is 10.6 Å². The third-order valence-corrected chi connectivity index (χ3v) is 9.67. The fourth-order valence-electron chi connectivity index (χ4n) is 5.84. The molecule has 0 radical (unpaired) electrons. The molecule has 2 bridgehead atoms. The molecule has 3 saturated carbocycles. The van der Waals surface area contributed by atoms with E-state index in [1.165, 1.54) is 44.9 Å². The first kappa shape index (κ1) is 22.6. The highest BCUT2D eigenvalue weighted by Gasteiger charge is 2.40. The predicted octanol–water partition coefficient (Wildman–Crippen LogP) is 3.59. The Morgan fingerprint density at radius 2 is 1.79 bits per heavy atom. The van der Waals surface area contributed by atoms with Crippen LogP contribution in [0.1, 0.15) is 65.2 Å². The van der Waals surface area contributed by atoms with Crippen molar-refractivity contribution < 1.29 is 8.42 Å². The second-order valence-corrected chi connectivity index (χ2v) is 12.2. The minimum atomic E-state index is -2.82. The van der Waals surface area contributed by atoms with E-state index in [1.807, 2.05) is 0 Å². The lowest BCUT2D eigenvalue weighted by molar-refractivity contribution is 0.238. The molecule has 4 fully saturated rings. The molecule has 1 saturated heterocycles. The van der Waals surface area contributed by atoms with E-state index in [0.29, 0.717) is 30.1 Å². The quantitative estimate of drug-likeness (QED) is 0.336. The highest BCUT2D eigenvalue weighted by molar-refractivity contribution is 14.0. The van der Waals surface area contributed by atoms with Crippen molar-refractivity contribution in [3.05, 3.63) is 0 Å². The van der Waals surface area contributed by atoms with E-state index in [-0.39, 0.29) is 29.9 Å². The van der Waals surface area contributed by atoms with Crippen LogP contribution in [0, 0.1) is 29.6 Å². The van der Waals surface area contributed by atoms with Crippen molar-refractivity contribution in [2.24, 2.45) is 34.6 Å². The van der Waals surface area contributed by atoms with E-state index in [1.54, 1.807) is 0 Å². The Hall–Kier alpha value is -0.0500. The van der Waals surface area contributed by atoms with Crippen molar-refractivity contribution in [1.29, 1.82) is 0 Å². The molecular formula is C21H38IN3O2S. The maximum atomic E-state index is 11.8. The minimum Gasteiger partial charge on any atom is -0.354 e. The minimum absolute atomic E-state index is 0. The number of aliphatic imine (C=N–C) groups is 1. The van der Waals surface area contributed by atoms with Gasteiger partial charge in [0.05, 0.1) is 11.5 Å². The lowest BCUT2D eigenvalue weighted by Gasteiger charge is -2.34. The molecule has 7 unspecified atom stereocenters. The van der Waals surface area contributed by atoms with Crippen LogP contribution in [0.5, 0.6) is 0 Å². The molecule has 0 spiro atoms. The van der Waals surface area contributed by atoms with Gasteiger partial charge in [0.25, 0.3) is 0 Å². The number of fused-ring (bicyclic) bond motifs is 2. The second-order valence-electron chi connectivity index (χ2n) is 9.99. The van der Waals surface area contributed by atoms with Crippen molar-refractivity contribution in [1.82, 2.24) is 10.6 Å². The molecule has 1 aliphatic heterocycles. The molecule has 1 heterocycles. The first-order valence-corrected chi connectivity index (χ1v) is 13.0. The smallest absolute Gasteiger partial charge is 0.191 e. The summed E-state index contributed by atoms with van der Waals surface area (Å²) in [5.41, 5.74) is 0. The van der Waals surface area contributed by atoms with Crippen LogP contribution in [0.2, 0.25) is 0 Å². The molecule has 5 nitrogen and oxygen atoms in total. The zero-order chi connectivity index (χ0) is 19.0. The van der Waals surface area contributed by atoms with E-state index in [4.69, 9.17) is 4.99 Å². The second kappa shape index (κ2) is 9.40. The Labute approximate surface area is 188 Å². The van der Waals surface area contributed by atoms with Crippen LogP contribution in [0.25, 0.3) is 0 Å². The number of guanidine groups is 1. The first-order chi connectivity index (χ1) is 12.9. The van der Waals surface area contributed by atoms with Gasteiger partial charge in [-0.2, -0.15) is 0 Å². The summed E-state index contributed by atoms with van der Waals surface area (Å²) < 4.78 is 23.5. The summed E-state index contributed by atoms with van der Waals surface area (Å²) in [5.74, 6) is 5.07. The van der Waals surface area contributed by atoms with E-state index in [9.17, 15) is 8.42 Å². The Bertz CT molecular complexity index is 669. The molecule has 0 aromatic carbocycles. The molecule has 0 amide bonds. The normalized spacial score (nSPS) is 42.2. The average molecular weight is 524 g/mol. The maximum Gasteiger partial charge on any atom is 0.191 e. The van der Waals surface area contributed by atoms with Gasteiger partial charge in [0.2, 0.25) is 0 Å². The van der Waals surface area contributed by atoms with Crippen molar-refractivity contribution in [2.75, 3.05) is 18.1 Å². The van der Waals surface area contributed by atoms with Crippen LogP contribution >= 0.6 is 24.0 Å². The average Bonchev–Trinajstić information content (AvgIpc) is 3.31. The number of nitrogens with one attached hydrogen (secondary N) is 2. The van der Waals surface area contributed by atoms with Gasteiger partial charge in [-0.1, -0.05) is 20.3 Å². The zero-order valence-corrected chi connectivity index (χ0v) is 20.5. The first-order valence-electron chi connectivity index (χ1n) is 11.2. The SMILES string of the molecule is CC1CCC(NC(=NCC2CCS(=O)(=O)C2)NC2CC3CCC2C3)CC1C.I. The summed E-state index contributed by atoms with van der Waals surface area (Å²) in [7, 11) is -2.82. The Kier molecular flexibility index (Phi) is 7.59. The summed E-state index contributed by atoms with van der Waals surface area (Å²) in [6.07, 6.45) is 9.88.